The van der Waals surface area contributed by atoms with Crippen LogP contribution in [0.4, 0.5) is 4.39 Å². The predicted molar refractivity (Wildman–Crippen MR) is 120 cm³/mol. The molecule has 0 unspecified atom stereocenters. The third-order valence-corrected chi connectivity index (χ3v) is 5.54. The first-order chi connectivity index (χ1) is 16.0. The van der Waals surface area contributed by atoms with Gasteiger partial charge in [0.1, 0.15) is 11.6 Å². The van der Waals surface area contributed by atoms with Crippen molar-refractivity contribution in [3.05, 3.63) is 77.9 Å². The zero-order chi connectivity index (χ0) is 23.2. The predicted octanol–water partition coefficient (Wildman–Crippen LogP) is 2.03. The molecule has 9 heteroatoms. The first kappa shape index (κ1) is 22.5. The fourth-order valence-electron chi connectivity index (χ4n) is 3.84. The number of amides is 2. The Bertz CT molecular complexity index is 1130. The second kappa shape index (κ2) is 10.3. The summed E-state index contributed by atoms with van der Waals surface area (Å²) >= 11 is 0. The summed E-state index contributed by atoms with van der Waals surface area (Å²) in [5.74, 6) is -0.0294. The molecule has 1 fully saturated rings. The van der Waals surface area contributed by atoms with Crippen LogP contribution in [-0.4, -0.2) is 52.7 Å². The van der Waals surface area contributed by atoms with Gasteiger partial charge in [-0.25, -0.2) is 9.07 Å². The molecule has 1 aromatic heterocycles. The molecule has 3 aromatic rings. The van der Waals surface area contributed by atoms with E-state index in [0.717, 1.165) is 22.6 Å². The SMILES string of the molecule is COc1cccc(-n2cc(CNC(=O)C[C@H]3C(=O)NCCN3Cc3cccc(F)c3)cn2)c1. The fourth-order valence-corrected chi connectivity index (χ4v) is 3.84. The first-order valence-electron chi connectivity index (χ1n) is 10.7. The summed E-state index contributed by atoms with van der Waals surface area (Å²) < 4.78 is 20.5. The molecule has 1 aliphatic heterocycles. The summed E-state index contributed by atoms with van der Waals surface area (Å²) in [6, 6.07) is 13.2. The Hall–Kier alpha value is -3.72. The van der Waals surface area contributed by atoms with Crippen molar-refractivity contribution in [2.75, 3.05) is 20.2 Å². The summed E-state index contributed by atoms with van der Waals surface area (Å²) in [6.45, 7) is 1.78. The Kier molecular flexibility index (Phi) is 6.99. The van der Waals surface area contributed by atoms with E-state index in [1.54, 1.807) is 24.1 Å². The molecule has 0 aliphatic carbocycles. The van der Waals surface area contributed by atoms with Gasteiger partial charge < -0.3 is 15.4 Å². The summed E-state index contributed by atoms with van der Waals surface area (Å²) in [7, 11) is 1.61. The lowest BCUT2D eigenvalue weighted by atomic mass is 10.1. The molecule has 2 heterocycles. The average Bonchev–Trinajstić information content (AvgIpc) is 3.29. The van der Waals surface area contributed by atoms with Crippen LogP contribution in [0, 0.1) is 5.82 Å². The van der Waals surface area contributed by atoms with Crippen molar-refractivity contribution in [2.45, 2.75) is 25.6 Å². The molecule has 0 radical (unpaired) electrons. The van der Waals surface area contributed by atoms with Crippen molar-refractivity contribution >= 4 is 11.8 Å². The highest BCUT2D eigenvalue weighted by molar-refractivity contribution is 5.88. The van der Waals surface area contributed by atoms with Gasteiger partial charge in [-0.3, -0.25) is 14.5 Å². The highest BCUT2D eigenvalue weighted by Crippen LogP contribution is 2.17. The Morgan fingerprint density at radius 1 is 1.24 bits per heavy atom. The molecule has 4 rings (SSSR count). The number of benzene rings is 2. The van der Waals surface area contributed by atoms with Gasteiger partial charge >= 0.3 is 0 Å². The summed E-state index contributed by atoms with van der Waals surface area (Å²) in [5, 5.41) is 10.0. The number of piperazine rings is 1. The molecule has 0 spiro atoms. The number of halogens is 1. The molecule has 172 valence electrons. The highest BCUT2D eigenvalue weighted by Gasteiger charge is 2.31. The van der Waals surface area contributed by atoms with E-state index in [1.807, 2.05) is 41.4 Å². The molecule has 2 N–H and O–H groups in total. The number of carbonyl (C=O) groups is 2. The first-order valence-corrected chi connectivity index (χ1v) is 10.7. The van der Waals surface area contributed by atoms with Crippen molar-refractivity contribution in [3.8, 4) is 11.4 Å². The number of carbonyl (C=O) groups excluding carboxylic acids is 2. The second-order valence-corrected chi connectivity index (χ2v) is 7.88. The van der Waals surface area contributed by atoms with Gasteiger partial charge in [0.15, 0.2) is 0 Å². The minimum Gasteiger partial charge on any atom is -0.497 e. The van der Waals surface area contributed by atoms with E-state index in [2.05, 4.69) is 15.7 Å². The van der Waals surface area contributed by atoms with Crippen LogP contribution in [0.15, 0.2) is 60.9 Å². The number of methoxy groups -OCH3 is 1. The number of hydrogen-bond donors (Lipinski definition) is 2. The van der Waals surface area contributed by atoms with Gasteiger partial charge in [-0.05, 0) is 29.8 Å². The van der Waals surface area contributed by atoms with Crippen molar-refractivity contribution in [2.24, 2.45) is 0 Å². The maximum absolute atomic E-state index is 13.5. The zero-order valence-electron chi connectivity index (χ0n) is 18.3. The van der Waals surface area contributed by atoms with Crippen LogP contribution in [0.3, 0.4) is 0 Å². The van der Waals surface area contributed by atoms with Gasteiger partial charge in [-0.15, -0.1) is 0 Å². The smallest absolute Gasteiger partial charge is 0.237 e. The van der Waals surface area contributed by atoms with Crippen LogP contribution < -0.4 is 15.4 Å². The van der Waals surface area contributed by atoms with Gasteiger partial charge in [0.2, 0.25) is 11.8 Å². The van der Waals surface area contributed by atoms with Gasteiger partial charge in [0.05, 0.1) is 31.5 Å². The number of rotatable bonds is 8. The minimum absolute atomic E-state index is 0.0190. The van der Waals surface area contributed by atoms with Crippen LogP contribution in [0.1, 0.15) is 17.5 Å². The molecule has 33 heavy (non-hydrogen) atoms. The molecular weight excluding hydrogens is 425 g/mol. The normalized spacial score (nSPS) is 16.3. The molecule has 0 bridgehead atoms. The second-order valence-electron chi connectivity index (χ2n) is 7.88. The van der Waals surface area contributed by atoms with Crippen molar-refractivity contribution in [3.63, 3.8) is 0 Å². The van der Waals surface area contributed by atoms with E-state index in [4.69, 9.17) is 4.74 Å². The average molecular weight is 452 g/mol. The van der Waals surface area contributed by atoms with Crippen LogP contribution in [0.2, 0.25) is 0 Å². The van der Waals surface area contributed by atoms with Gasteiger partial charge in [-0.1, -0.05) is 18.2 Å². The van der Waals surface area contributed by atoms with E-state index < -0.39 is 6.04 Å². The highest BCUT2D eigenvalue weighted by atomic mass is 19.1. The van der Waals surface area contributed by atoms with Gasteiger partial charge in [0.25, 0.3) is 0 Å². The molecule has 8 nitrogen and oxygen atoms in total. The van der Waals surface area contributed by atoms with Crippen molar-refractivity contribution < 1.29 is 18.7 Å². The summed E-state index contributed by atoms with van der Waals surface area (Å²) in [4.78, 5) is 27.0. The number of nitrogens with one attached hydrogen (secondary N) is 2. The lowest BCUT2D eigenvalue weighted by Crippen LogP contribution is -2.56. The summed E-state index contributed by atoms with van der Waals surface area (Å²) in [5.41, 5.74) is 2.44. The van der Waals surface area contributed by atoms with E-state index in [0.29, 0.717) is 26.2 Å². The Morgan fingerprint density at radius 2 is 2.09 bits per heavy atom. The fraction of sp³-hybridized carbons (Fsp3) is 0.292. The molecule has 2 aromatic carbocycles. The Morgan fingerprint density at radius 3 is 2.91 bits per heavy atom. The zero-order valence-corrected chi connectivity index (χ0v) is 18.3. The number of hydrogen-bond acceptors (Lipinski definition) is 5. The molecule has 1 atom stereocenters. The topological polar surface area (TPSA) is 88.5 Å². The Balaban J connectivity index is 1.35. The van der Waals surface area contributed by atoms with Crippen molar-refractivity contribution in [1.82, 2.24) is 25.3 Å². The Labute approximate surface area is 191 Å². The number of aromatic nitrogens is 2. The van der Waals surface area contributed by atoms with Crippen LogP contribution in [-0.2, 0) is 22.7 Å². The number of ether oxygens (including phenoxy) is 1. The monoisotopic (exact) mass is 451 g/mol. The van der Waals surface area contributed by atoms with E-state index >= 15 is 0 Å². The maximum Gasteiger partial charge on any atom is 0.237 e. The third kappa shape index (κ3) is 5.75. The molecule has 1 aliphatic rings. The van der Waals surface area contributed by atoms with Crippen LogP contribution >= 0.6 is 0 Å². The van der Waals surface area contributed by atoms with E-state index in [9.17, 15) is 14.0 Å². The molecule has 2 amide bonds. The van der Waals surface area contributed by atoms with Crippen LogP contribution in [0.25, 0.3) is 5.69 Å². The van der Waals surface area contributed by atoms with E-state index in [-0.39, 0.29) is 24.1 Å². The van der Waals surface area contributed by atoms with Crippen LogP contribution in [0.5, 0.6) is 5.75 Å². The lowest BCUT2D eigenvalue weighted by Gasteiger charge is -2.34. The van der Waals surface area contributed by atoms with E-state index in [1.165, 1.54) is 12.1 Å². The summed E-state index contributed by atoms with van der Waals surface area (Å²) in [6.07, 6.45) is 3.53. The largest absolute Gasteiger partial charge is 0.497 e. The van der Waals surface area contributed by atoms with Gasteiger partial charge in [-0.2, -0.15) is 5.10 Å². The molecule has 1 saturated heterocycles. The quantitative estimate of drug-likeness (QED) is 0.547. The van der Waals surface area contributed by atoms with Gasteiger partial charge in [0, 0.05) is 44.0 Å². The lowest BCUT2D eigenvalue weighted by molar-refractivity contribution is -0.134. The third-order valence-electron chi connectivity index (χ3n) is 5.54. The standard InChI is InChI=1S/C24H26FN5O3/c1-33-21-7-3-6-20(11-21)30-16-18(14-28-30)13-27-23(31)12-22-24(32)26-8-9-29(22)15-17-4-2-5-19(25)10-17/h2-7,10-11,14,16,22H,8-9,12-13,15H2,1H3,(H,26,32)(H,27,31)/t22-/m0/s1. The van der Waals surface area contributed by atoms with Crippen molar-refractivity contribution in [1.29, 1.82) is 0 Å². The maximum atomic E-state index is 13.5. The number of nitrogens with zero attached hydrogens (tertiary/aromatic N) is 3. The molecular formula is C24H26FN5O3. The minimum atomic E-state index is -0.610. The molecule has 0 saturated carbocycles.